The van der Waals surface area contributed by atoms with Gasteiger partial charge in [0.2, 0.25) is 0 Å². The van der Waals surface area contributed by atoms with Gasteiger partial charge in [-0.05, 0) is 25.3 Å². The molecule has 0 bridgehead atoms. The normalized spacial score (nSPS) is 11.9. The molecular weight excluding hydrogens is 218 g/mol. The lowest BCUT2D eigenvalue weighted by atomic mass is 10.1. The van der Waals surface area contributed by atoms with Gasteiger partial charge in [0.25, 0.3) is 0 Å². The molecule has 0 aliphatic heterocycles. The fraction of sp³-hybridized carbons (Fsp3) is 0.583. The van der Waals surface area contributed by atoms with Crippen molar-refractivity contribution >= 4 is 17.3 Å². The number of nitrogens with one attached hydrogen (secondary N) is 2. The topological polar surface area (TPSA) is 36.4 Å². The summed E-state index contributed by atoms with van der Waals surface area (Å²) in [4.78, 5) is 5.96. The van der Waals surface area contributed by atoms with Crippen LogP contribution in [-0.2, 0) is 0 Å². The Bertz CT molecular complexity index is 298. The lowest BCUT2D eigenvalue weighted by Gasteiger charge is -2.11. The smallest absolute Gasteiger partial charge is 0.191 e. The van der Waals surface area contributed by atoms with Crippen molar-refractivity contribution in [3.8, 4) is 0 Å². The van der Waals surface area contributed by atoms with Gasteiger partial charge in [0.15, 0.2) is 5.96 Å². The zero-order valence-corrected chi connectivity index (χ0v) is 11.1. The Kier molecular flexibility index (Phi) is 5.93. The van der Waals surface area contributed by atoms with Gasteiger partial charge in [-0.15, -0.1) is 11.3 Å². The quantitative estimate of drug-likeness (QED) is 0.611. The average Bonchev–Trinajstić information content (AvgIpc) is 2.79. The number of thiophene rings is 1. The third-order valence-corrected chi connectivity index (χ3v) is 3.34. The predicted molar refractivity (Wildman–Crippen MR) is 72.4 cm³/mol. The summed E-state index contributed by atoms with van der Waals surface area (Å²) in [6.45, 7) is 9.00. The number of guanidine groups is 1. The van der Waals surface area contributed by atoms with Gasteiger partial charge in [0, 0.05) is 23.9 Å². The molecule has 1 heterocycles. The van der Waals surface area contributed by atoms with Crippen LogP contribution < -0.4 is 10.6 Å². The number of nitrogens with zero attached hydrogens (tertiary/aromatic N) is 1. The van der Waals surface area contributed by atoms with Crippen LogP contribution in [0.15, 0.2) is 22.5 Å². The molecular formula is C12H21N3S. The van der Waals surface area contributed by atoms with Gasteiger partial charge in [0.1, 0.15) is 0 Å². The van der Waals surface area contributed by atoms with Crippen LogP contribution in [0.2, 0.25) is 0 Å². The van der Waals surface area contributed by atoms with Crippen molar-refractivity contribution in [2.45, 2.75) is 26.7 Å². The summed E-state index contributed by atoms with van der Waals surface area (Å²) < 4.78 is 0. The Labute approximate surface area is 102 Å². The van der Waals surface area contributed by atoms with Crippen molar-refractivity contribution < 1.29 is 0 Å². The third kappa shape index (κ3) is 4.23. The van der Waals surface area contributed by atoms with E-state index in [1.165, 1.54) is 4.88 Å². The van der Waals surface area contributed by atoms with Gasteiger partial charge in [-0.25, -0.2) is 0 Å². The summed E-state index contributed by atoms with van der Waals surface area (Å²) in [5.41, 5.74) is 0. The molecule has 0 aromatic carbocycles. The number of hydrogen-bond acceptors (Lipinski definition) is 2. The highest BCUT2D eigenvalue weighted by atomic mass is 32.1. The minimum absolute atomic E-state index is 0.493. The first-order valence-corrected chi connectivity index (χ1v) is 6.71. The van der Waals surface area contributed by atoms with E-state index in [0.29, 0.717) is 5.92 Å². The molecule has 1 aromatic heterocycles. The SMILES string of the molecule is CCNC(=NCC(C)c1cccs1)NCC. The monoisotopic (exact) mass is 239 g/mol. The Balaban J connectivity index is 2.48. The van der Waals surface area contributed by atoms with Crippen LogP contribution >= 0.6 is 11.3 Å². The van der Waals surface area contributed by atoms with Crippen LogP contribution in [0.25, 0.3) is 0 Å². The Morgan fingerprint density at radius 1 is 1.38 bits per heavy atom. The summed E-state index contributed by atoms with van der Waals surface area (Å²) >= 11 is 1.80. The molecule has 16 heavy (non-hydrogen) atoms. The zero-order valence-electron chi connectivity index (χ0n) is 10.3. The lowest BCUT2D eigenvalue weighted by molar-refractivity contribution is 0.765. The highest BCUT2D eigenvalue weighted by Gasteiger charge is 2.05. The summed E-state index contributed by atoms with van der Waals surface area (Å²) in [7, 11) is 0. The molecule has 2 N–H and O–H groups in total. The van der Waals surface area contributed by atoms with E-state index in [9.17, 15) is 0 Å². The molecule has 1 aromatic rings. The Hall–Kier alpha value is -1.03. The van der Waals surface area contributed by atoms with Crippen molar-refractivity contribution in [3.05, 3.63) is 22.4 Å². The molecule has 4 heteroatoms. The molecule has 0 aliphatic rings. The van der Waals surface area contributed by atoms with Crippen LogP contribution in [0, 0.1) is 0 Å². The van der Waals surface area contributed by atoms with E-state index in [-0.39, 0.29) is 0 Å². The molecule has 0 saturated heterocycles. The fourth-order valence-corrected chi connectivity index (χ4v) is 2.18. The number of rotatable bonds is 5. The van der Waals surface area contributed by atoms with Crippen LogP contribution in [-0.4, -0.2) is 25.6 Å². The van der Waals surface area contributed by atoms with E-state index in [2.05, 4.69) is 53.9 Å². The standard InChI is InChI=1S/C12H21N3S/c1-4-13-12(14-5-2)15-9-10(3)11-7-6-8-16-11/h6-8,10H,4-5,9H2,1-3H3,(H2,13,14,15). The molecule has 3 nitrogen and oxygen atoms in total. The fourth-order valence-electron chi connectivity index (χ4n) is 1.40. The molecule has 0 aliphatic carbocycles. The van der Waals surface area contributed by atoms with Gasteiger partial charge in [-0.2, -0.15) is 0 Å². The maximum Gasteiger partial charge on any atom is 0.191 e. The molecule has 1 unspecified atom stereocenters. The van der Waals surface area contributed by atoms with Crippen molar-refractivity contribution in [1.29, 1.82) is 0 Å². The third-order valence-electron chi connectivity index (χ3n) is 2.24. The minimum Gasteiger partial charge on any atom is -0.357 e. The van der Waals surface area contributed by atoms with Gasteiger partial charge in [-0.3, -0.25) is 4.99 Å². The number of aliphatic imine (C=N–C) groups is 1. The molecule has 0 spiro atoms. The highest BCUT2D eigenvalue weighted by molar-refractivity contribution is 7.10. The van der Waals surface area contributed by atoms with E-state index in [1.807, 2.05) is 0 Å². The first-order chi connectivity index (χ1) is 7.77. The molecule has 0 fully saturated rings. The van der Waals surface area contributed by atoms with Crippen molar-refractivity contribution in [2.24, 2.45) is 4.99 Å². The highest BCUT2D eigenvalue weighted by Crippen LogP contribution is 2.20. The van der Waals surface area contributed by atoms with Gasteiger partial charge in [0.05, 0.1) is 6.54 Å². The average molecular weight is 239 g/mol. The lowest BCUT2D eigenvalue weighted by Crippen LogP contribution is -2.37. The molecule has 1 rings (SSSR count). The number of hydrogen-bond donors (Lipinski definition) is 2. The second kappa shape index (κ2) is 7.28. The van der Waals surface area contributed by atoms with E-state index in [1.54, 1.807) is 11.3 Å². The van der Waals surface area contributed by atoms with Gasteiger partial charge >= 0.3 is 0 Å². The van der Waals surface area contributed by atoms with Crippen molar-refractivity contribution in [1.82, 2.24) is 10.6 Å². The van der Waals surface area contributed by atoms with Crippen molar-refractivity contribution in [2.75, 3.05) is 19.6 Å². The maximum atomic E-state index is 4.56. The summed E-state index contributed by atoms with van der Waals surface area (Å²) in [5, 5.41) is 8.57. The molecule has 0 amide bonds. The summed E-state index contributed by atoms with van der Waals surface area (Å²) in [5.74, 6) is 1.40. The van der Waals surface area contributed by atoms with E-state index in [0.717, 1.165) is 25.6 Å². The maximum absolute atomic E-state index is 4.56. The van der Waals surface area contributed by atoms with Crippen LogP contribution in [0.1, 0.15) is 31.6 Å². The van der Waals surface area contributed by atoms with Crippen molar-refractivity contribution in [3.63, 3.8) is 0 Å². The van der Waals surface area contributed by atoms with Crippen LogP contribution in [0.3, 0.4) is 0 Å². The minimum atomic E-state index is 0.493. The summed E-state index contributed by atoms with van der Waals surface area (Å²) in [6, 6.07) is 4.26. The Morgan fingerprint density at radius 2 is 2.06 bits per heavy atom. The molecule has 1 atom stereocenters. The first-order valence-electron chi connectivity index (χ1n) is 5.83. The first kappa shape index (κ1) is 13.0. The zero-order chi connectivity index (χ0) is 11.8. The predicted octanol–water partition coefficient (Wildman–Crippen LogP) is 2.43. The van der Waals surface area contributed by atoms with Gasteiger partial charge in [-0.1, -0.05) is 13.0 Å². The van der Waals surface area contributed by atoms with Crippen LogP contribution in [0.5, 0.6) is 0 Å². The van der Waals surface area contributed by atoms with E-state index in [4.69, 9.17) is 0 Å². The van der Waals surface area contributed by atoms with E-state index >= 15 is 0 Å². The second-order valence-electron chi connectivity index (χ2n) is 3.67. The Morgan fingerprint density at radius 3 is 2.56 bits per heavy atom. The molecule has 90 valence electrons. The second-order valence-corrected chi connectivity index (χ2v) is 4.65. The largest absolute Gasteiger partial charge is 0.357 e. The van der Waals surface area contributed by atoms with Crippen LogP contribution in [0.4, 0.5) is 0 Å². The molecule has 0 saturated carbocycles. The van der Waals surface area contributed by atoms with Gasteiger partial charge < -0.3 is 10.6 Å². The molecule has 0 radical (unpaired) electrons. The van der Waals surface area contributed by atoms with E-state index < -0.39 is 0 Å². The summed E-state index contributed by atoms with van der Waals surface area (Å²) in [6.07, 6.45) is 0.